The number of carboxylic acid groups (broad SMARTS) is 3. The molecule has 0 aliphatic rings. The van der Waals surface area contributed by atoms with Crippen molar-refractivity contribution in [2.45, 2.75) is 12.2 Å². The van der Waals surface area contributed by atoms with Crippen LogP contribution in [-0.4, -0.2) is 67.4 Å². The second-order valence-electron chi connectivity index (χ2n) is 2.12. The summed E-state index contributed by atoms with van der Waals surface area (Å²) in [5.41, 5.74) is 0. The Morgan fingerprint density at radius 2 is 1.06 bits per heavy atom. The van der Waals surface area contributed by atoms with E-state index in [1.165, 1.54) is 0 Å². The molecule has 0 aliphatic carbocycles. The zero-order valence-electron chi connectivity index (χ0n) is 11.3. The number of carbonyl (C=O) groups is 3. The van der Waals surface area contributed by atoms with Crippen LogP contribution in [0.3, 0.4) is 0 Å². The molecule has 0 aromatic rings. The molecular weight excluding hydrogens is 294 g/mol. The Kier molecular flexibility index (Phi) is 24.8. The van der Waals surface area contributed by atoms with Crippen LogP contribution >= 0.6 is 0 Å². The average Bonchev–Trinajstić information content (AvgIpc) is 2.16. The topological polar surface area (TPSA) is 173 Å². The van der Waals surface area contributed by atoms with E-state index in [2.05, 4.69) is 0 Å². The van der Waals surface area contributed by atoms with Gasteiger partial charge in [0.25, 0.3) is 0 Å². The van der Waals surface area contributed by atoms with Gasteiger partial charge in [-0.05, 0) is 0 Å². The van der Waals surface area contributed by atoms with Gasteiger partial charge in [-0.1, -0.05) is 0 Å². The third-order valence-electron chi connectivity index (χ3n) is 0.940. The normalized spacial score (nSPS) is 11.5. The van der Waals surface area contributed by atoms with E-state index in [-0.39, 0.29) is 106 Å². The van der Waals surface area contributed by atoms with Gasteiger partial charge >= 0.3 is 121 Å². The van der Waals surface area contributed by atoms with Gasteiger partial charge in [-0.15, -0.1) is 0 Å². The van der Waals surface area contributed by atoms with Crippen molar-refractivity contribution in [3.05, 3.63) is 0 Å². The summed E-state index contributed by atoms with van der Waals surface area (Å²) >= 11 is 0. The minimum absolute atomic E-state index is 0. The Balaban J connectivity index is -0.0000000418. The first-order chi connectivity index (χ1) is 6.73. The molecule has 11 heteroatoms. The van der Waals surface area contributed by atoms with Crippen molar-refractivity contribution < 1.29 is 151 Å². The quantitative estimate of drug-likeness (QED) is 0.276. The van der Waals surface area contributed by atoms with E-state index in [9.17, 15) is 9.59 Å². The molecule has 0 saturated heterocycles. The largest absolute Gasteiger partial charge is 1.00 e. The van der Waals surface area contributed by atoms with E-state index in [4.69, 9.17) is 35.4 Å². The van der Waals surface area contributed by atoms with Crippen LogP contribution in [0.25, 0.3) is 0 Å². The van der Waals surface area contributed by atoms with Crippen LogP contribution in [0.1, 0.15) is 2.85 Å². The van der Waals surface area contributed by atoms with Crippen molar-refractivity contribution in [2.75, 3.05) is 6.61 Å². The van der Waals surface area contributed by atoms with Crippen LogP contribution in [0.4, 0.5) is 0 Å². The molecule has 0 spiro atoms. The Bertz CT molecular complexity index is 235. The van der Waals surface area contributed by atoms with Crippen molar-refractivity contribution in [3.63, 3.8) is 0 Å². The third kappa shape index (κ3) is 17.6. The molecule has 0 aromatic carbocycles. The van der Waals surface area contributed by atoms with Crippen LogP contribution in [0.15, 0.2) is 0 Å². The van der Waals surface area contributed by atoms with Gasteiger partial charge in [0.1, 0.15) is 6.61 Å². The van der Waals surface area contributed by atoms with Crippen molar-refractivity contribution in [1.82, 2.24) is 0 Å². The molecule has 0 aromatic heterocycles. The fourth-order valence-electron chi connectivity index (χ4n) is 0.270. The van der Waals surface area contributed by atoms with E-state index in [1.807, 2.05) is 0 Å². The van der Waals surface area contributed by atoms with Gasteiger partial charge in [-0.25, -0.2) is 14.4 Å². The minimum Gasteiger partial charge on any atom is -1.00 e. The summed E-state index contributed by atoms with van der Waals surface area (Å²) < 4.78 is 0. The molecule has 6 N–H and O–H groups in total. The first-order valence-electron chi connectivity index (χ1n) is 3.38. The van der Waals surface area contributed by atoms with Crippen LogP contribution in [-0.2, 0) is 14.4 Å². The molecule has 0 bridgehead atoms. The molecule has 2 atom stereocenters. The summed E-state index contributed by atoms with van der Waals surface area (Å²) in [7, 11) is 0. The summed E-state index contributed by atoms with van der Waals surface area (Å²) in [6, 6.07) is 0. The van der Waals surface area contributed by atoms with E-state index >= 15 is 0 Å². The zero-order chi connectivity index (χ0) is 12.6. The summed E-state index contributed by atoms with van der Waals surface area (Å²) in [5, 5.41) is 47.5. The zero-order valence-corrected chi connectivity index (χ0v) is 15.5. The molecule has 0 aliphatic heterocycles. The van der Waals surface area contributed by atoms with E-state index < -0.39 is 36.7 Å². The van der Waals surface area contributed by atoms with Gasteiger partial charge in [-0.3, -0.25) is 0 Å². The number of carboxylic acids is 3. The summed E-state index contributed by atoms with van der Waals surface area (Å²) in [6.45, 7) is -0.778. The van der Waals surface area contributed by atoms with Gasteiger partial charge in [-0.2, -0.15) is 0 Å². The third-order valence-corrected chi connectivity index (χ3v) is 0.940. The minimum atomic E-state index is -2.27. The molecule has 0 rings (SSSR count). The Morgan fingerprint density at radius 3 is 1.12 bits per heavy atom. The first kappa shape index (κ1) is 27.0. The molecule has 0 heterocycles. The summed E-state index contributed by atoms with van der Waals surface area (Å²) in [5.74, 6) is -4.73. The predicted molar refractivity (Wildman–Crippen MR) is 44.2 cm³/mol. The molecular formula is C6H12K2O9. The van der Waals surface area contributed by atoms with Crippen LogP contribution < -0.4 is 103 Å². The van der Waals surface area contributed by atoms with Gasteiger partial charge in [0.05, 0.1) is 0 Å². The fourth-order valence-corrected chi connectivity index (χ4v) is 0.270. The van der Waals surface area contributed by atoms with Crippen molar-refractivity contribution in [3.8, 4) is 0 Å². The van der Waals surface area contributed by atoms with Crippen molar-refractivity contribution >= 4 is 17.9 Å². The Labute approximate surface area is 184 Å². The number of aliphatic carboxylic acids is 3. The number of hydrogen-bond donors (Lipinski definition) is 6. The number of aliphatic hydroxyl groups is 3. The molecule has 0 saturated carbocycles. The standard InChI is InChI=1S/C4H6O6.C2H4O3.2K.2H/c5-1(3(7)8)2(6)4(9)10;3-1-2(4)5;;;;/h1-2,5-6H,(H,7,8)(H,9,10);3H,1H2,(H,4,5);;;;/q;;2*+1;2*-1. The smallest absolute Gasteiger partial charge is 1.00 e. The maximum atomic E-state index is 9.77. The number of rotatable bonds is 4. The molecule has 0 amide bonds. The summed E-state index contributed by atoms with van der Waals surface area (Å²) in [4.78, 5) is 28.7. The second-order valence-corrected chi connectivity index (χ2v) is 2.12. The van der Waals surface area contributed by atoms with Crippen molar-refractivity contribution in [2.24, 2.45) is 0 Å². The first-order valence-corrected chi connectivity index (χ1v) is 3.38. The van der Waals surface area contributed by atoms with Gasteiger partial charge in [0.15, 0.2) is 12.2 Å². The average molecular weight is 306 g/mol. The van der Waals surface area contributed by atoms with Gasteiger partial charge < -0.3 is 33.5 Å². The van der Waals surface area contributed by atoms with E-state index in [0.717, 1.165) is 0 Å². The maximum absolute atomic E-state index is 9.77. The number of aliphatic hydroxyl groups excluding tert-OH is 3. The molecule has 2 unspecified atom stereocenters. The van der Waals surface area contributed by atoms with Crippen LogP contribution in [0, 0.1) is 0 Å². The van der Waals surface area contributed by atoms with Gasteiger partial charge in [0, 0.05) is 0 Å². The molecule has 0 radical (unpaired) electrons. The monoisotopic (exact) mass is 306 g/mol. The van der Waals surface area contributed by atoms with Crippen molar-refractivity contribution in [1.29, 1.82) is 0 Å². The van der Waals surface area contributed by atoms with Crippen LogP contribution in [0.5, 0.6) is 0 Å². The second kappa shape index (κ2) is 15.6. The maximum Gasteiger partial charge on any atom is 1.00 e. The predicted octanol–water partition coefficient (Wildman–Crippen LogP) is -8.83. The van der Waals surface area contributed by atoms with E-state index in [1.54, 1.807) is 0 Å². The molecule has 17 heavy (non-hydrogen) atoms. The summed E-state index contributed by atoms with van der Waals surface area (Å²) in [6.07, 6.45) is -4.53. The SMILES string of the molecule is O=C(O)C(O)C(O)C(=O)O.O=C(O)CO.[H-].[H-].[K+].[K+]. The Hall–Kier alpha value is 1.56. The molecule has 0 fully saturated rings. The van der Waals surface area contributed by atoms with E-state index in [0.29, 0.717) is 0 Å². The number of hydrogen-bond acceptors (Lipinski definition) is 6. The molecule has 9 nitrogen and oxygen atoms in total. The molecule has 92 valence electrons. The fraction of sp³-hybridized carbons (Fsp3) is 0.500. The van der Waals surface area contributed by atoms with Gasteiger partial charge in [0.2, 0.25) is 0 Å². The van der Waals surface area contributed by atoms with Crippen LogP contribution in [0.2, 0.25) is 0 Å². The Morgan fingerprint density at radius 1 is 0.882 bits per heavy atom.